The molecule has 0 atom stereocenters. The van der Waals surface area contributed by atoms with Crippen LogP contribution in [0.3, 0.4) is 0 Å². The molecule has 9 aromatic rings. The molecule has 51 heavy (non-hydrogen) atoms. The number of para-hydroxylation sites is 1. The summed E-state index contributed by atoms with van der Waals surface area (Å²) in [6.07, 6.45) is 1.81. The molecule has 0 aliphatic rings. The van der Waals surface area contributed by atoms with E-state index >= 15 is 0 Å². The van der Waals surface area contributed by atoms with Crippen molar-refractivity contribution in [1.29, 1.82) is 5.26 Å². The third-order valence-electron chi connectivity index (χ3n) is 9.16. The number of nitrogens with zero attached hydrogens (tertiary/aromatic N) is 6. The lowest BCUT2D eigenvalue weighted by molar-refractivity contribution is 1.06. The quantitative estimate of drug-likeness (QED) is 0.179. The maximum absolute atomic E-state index is 9.33. The summed E-state index contributed by atoms with van der Waals surface area (Å²) < 4.78 is 2.30. The lowest BCUT2D eigenvalue weighted by atomic mass is 10.0. The molecule has 0 fully saturated rings. The fraction of sp³-hybridized carbons (Fsp3) is 0. The van der Waals surface area contributed by atoms with Crippen molar-refractivity contribution in [1.82, 2.24) is 24.5 Å². The van der Waals surface area contributed by atoms with Crippen LogP contribution < -0.4 is 0 Å². The van der Waals surface area contributed by atoms with Crippen LogP contribution in [0.1, 0.15) is 5.56 Å². The fourth-order valence-electron chi connectivity index (χ4n) is 6.68. The highest BCUT2D eigenvalue weighted by molar-refractivity contribution is 6.11. The smallest absolute Gasteiger partial charge is 0.166 e. The maximum Gasteiger partial charge on any atom is 0.166 e. The van der Waals surface area contributed by atoms with Crippen LogP contribution in [0.25, 0.3) is 84.0 Å². The summed E-state index contributed by atoms with van der Waals surface area (Å²) in [4.78, 5) is 19.9. The van der Waals surface area contributed by atoms with Gasteiger partial charge in [-0.3, -0.25) is 4.98 Å². The number of rotatable bonds is 6. The van der Waals surface area contributed by atoms with Gasteiger partial charge in [-0.1, -0.05) is 109 Å². The standard InChI is InChI=1S/C45H28N6/c46-29-30-18-20-31(21-19-30)34-22-24-41-37(27-34)36-15-7-8-17-40(36)51(41)42-25-23-35(39-16-9-10-26-47-39)28-38(42)45-49-43(32-11-3-1-4-12-32)48-44(50-45)33-13-5-2-6-14-33/h1-28H. The summed E-state index contributed by atoms with van der Waals surface area (Å²) in [6.45, 7) is 0. The van der Waals surface area contributed by atoms with Gasteiger partial charge in [0, 0.05) is 39.2 Å². The Morgan fingerprint density at radius 3 is 1.75 bits per heavy atom. The van der Waals surface area contributed by atoms with E-state index < -0.39 is 0 Å². The van der Waals surface area contributed by atoms with E-state index in [0.29, 0.717) is 23.0 Å². The Hall–Kier alpha value is -7.23. The van der Waals surface area contributed by atoms with Crippen molar-refractivity contribution >= 4 is 21.8 Å². The average Bonchev–Trinajstić information content (AvgIpc) is 3.55. The highest BCUT2D eigenvalue weighted by Crippen LogP contribution is 2.39. The first-order chi connectivity index (χ1) is 25.2. The van der Waals surface area contributed by atoms with Crippen LogP contribution in [0.4, 0.5) is 0 Å². The van der Waals surface area contributed by atoms with Crippen molar-refractivity contribution in [2.24, 2.45) is 0 Å². The highest BCUT2D eigenvalue weighted by atomic mass is 15.1. The molecule has 0 radical (unpaired) electrons. The van der Waals surface area contributed by atoms with Crippen LogP contribution in [0, 0.1) is 11.3 Å². The van der Waals surface area contributed by atoms with Crippen LogP contribution in [-0.4, -0.2) is 24.5 Å². The molecule has 6 nitrogen and oxygen atoms in total. The summed E-state index contributed by atoms with van der Waals surface area (Å²) in [5.74, 6) is 1.77. The Morgan fingerprint density at radius 2 is 1.06 bits per heavy atom. The van der Waals surface area contributed by atoms with Gasteiger partial charge in [-0.05, 0) is 65.7 Å². The molecule has 9 rings (SSSR count). The number of aromatic nitrogens is 5. The maximum atomic E-state index is 9.33. The van der Waals surface area contributed by atoms with Gasteiger partial charge in [0.2, 0.25) is 0 Å². The zero-order valence-electron chi connectivity index (χ0n) is 27.3. The third-order valence-corrected chi connectivity index (χ3v) is 9.16. The minimum atomic E-state index is 0.565. The van der Waals surface area contributed by atoms with Crippen molar-refractivity contribution in [2.45, 2.75) is 0 Å². The van der Waals surface area contributed by atoms with E-state index in [-0.39, 0.29) is 0 Å². The molecule has 3 heterocycles. The van der Waals surface area contributed by atoms with E-state index in [1.54, 1.807) is 0 Å². The summed E-state index contributed by atoms with van der Waals surface area (Å²) in [5.41, 5.74) is 10.3. The molecule has 6 aromatic carbocycles. The average molecular weight is 653 g/mol. The topological polar surface area (TPSA) is 80.3 Å². The molecule has 0 N–H and O–H groups in total. The minimum Gasteiger partial charge on any atom is -0.309 e. The number of benzene rings is 6. The van der Waals surface area contributed by atoms with E-state index in [1.165, 1.54) is 0 Å². The molecule has 0 saturated heterocycles. The lowest BCUT2D eigenvalue weighted by Gasteiger charge is -2.16. The fourth-order valence-corrected chi connectivity index (χ4v) is 6.68. The summed E-state index contributed by atoms with van der Waals surface area (Å²) in [6, 6.07) is 57.4. The van der Waals surface area contributed by atoms with Crippen molar-refractivity contribution in [3.05, 3.63) is 176 Å². The van der Waals surface area contributed by atoms with Gasteiger partial charge < -0.3 is 4.57 Å². The number of hydrogen-bond donors (Lipinski definition) is 0. The van der Waals surface area contributed by atoms with Crippen LogP contribution in [0.5, 0.6) is 0 Å². The molecule has 0 unspecified atom stereocenters. The molecule has 0 amide bonds. The van der Waals surface area contributed by atoms with Gasteiger partial charge in [0.15, 0.2) is 17.5 Å². The van der Waals surface area contributed by atoms with E-state index in [4.69, 9.17) is 15.0 Å². The molecule has 238 valence electrons. The van der Waals surface area contributed by atoms with Crippen molar-refractivity contribution in [2.75, 3.05) is 0 Å². The Morgan fingerprint density at radius 1 is 0.451 bits per heavy atom. The first kappa shape index (κ1) is 29.9. The van der Waals surface area contributed by atoms with E-state index in [9.17, 15) is 5.26 Å². The molecule has 0 bridgehead atoms. The van der Waals surface area contributed by atoms with Gasteiger partial charge in [0.05, 0.1) is 34.0 Å². The molecular formula is C45H28N6. The molecule has 0 saturated carbocycles. The summed E-state index contributed by atoms with van der Waals surface area (Å²) >= 11 is 0. The second-order valence-electron chi connectivity index (χ2n) is 12.3. The van der Waals surface area contributed by atoms with E-state index in [0.717, 1.165) is 66.6 Å². The third kappa shape index (κ3) is 5.49. The summed E-state index contributed by atoms with van der Waals surface area (Å²) in [7, 11) is 0. The number of nitriles is 1. The molecule has 0 spiro atoms. The van der Waals surface area contributed by atoms with Gasteiger partial charge >= 0.3 is 0 Å². The number of hydrogen-bond acceptors (Lipinski definition) is 5. The molecule has 6 heteroatoms. The van der Waals surface area contributed by atoms with Gasteiger partial charge in [0.1, 0.15) is 0 Å². The van der Waals surface area contributed by atoms with Crippen molar-refractivity contribution in [3.8, 4) is 68.3 Å². The first-order valence-corrected chi connectivity index (χ1v) is 16.7. The predicted molar refractivity (Wildman–Crippen MR) is 204 cm³/mol. The highest BCUT2D eigenvalue weighted by Gasteiger charge is 2.21. The minimum absolute atomic E-state index is 0.565. The first-order valence-electron chi connectivity index (χ1n) is 16.7. The number of pyridine rings is 1. The Kier molecular flexibility index (Phi) is 7.42. The zero-order valence-corrected chi connectivity index (χ0v) is 27.3. The van der Waals surface area contributed by atoms with Crippen LogP contribution in [-0.2, 0) is 0 Å². The molecule has 0 aliphatic heterocycles. The number of fused-ring (bicyclic) bond motifs is 3. The van der Waals surface area contributed by atoms with Crippen LogP contribution in [0.15, 0.2) is 170 Å². The van der Waals surface area contributed by atoms with E-state index in [2.05, 4.69) is 76.3 Å². The predicted octanol–water partition coefficient (Wildman–Crippen LogP) is 10.6. The largest absolute Gasteiger partial charge is 0.309 e. The SMILES string of the molecule is N#Cc1ccc(-c2ccc3c(c2)c2ccccc2n3-c2ccc(-c3ccccn3)cc2-c2nc(-c3ccccc3)nc(-c3ccccc3)n2)cc1. The monoisotopic (exact) mass is 652 g/mol. The van der Waals surface area contributed by atoms with Crippen LogP contribution in [0.2, 0.25) is 0 Å². The Bertz CT molecular complexity index is 2670. The molecular weight excluding hydrogens is 625 g/mol. The van der Waals surface area contributed by atoms with Crippen LogP contribution >= 0.6 is 0 Å². The van der Waals surface area contributed by atoms with Crippen molar-refractivity contribution < 1.29 is 0 Å². The zero-order chi connectivity index (χ0) is 34.1. The Balaban J connectivity index is 1.32. The normalized spacial score (nSPS) is 11.1. The van der Waals surface area contributed by atoms with Gasteiger partial charge in [-0.2, -0.15) is 5.26 Å². The summed E-state index contributed by atoms with van der Waals surface area (Å²) in [5, 5.41) is 11.6. The molecule has 3 aromatic heterocycles. The second-order valence-corrected chi connectivity index (χ2v) is 12.3. The second kappa shape index (κ2) is 12.7. The van der Waals surface area contributed by atoms with Gasteiger partial charge in [-0.15, -0.1) is 0 Å². The van der Waals surface area contributed by atoms with Crippen molar-refractivity contribution in [3.63, 3.8) is 0 Å². The van der Waals surface area contributed by atoms with Gasteiger partial charge in [0.25, 0.3) is 0 Å². The van der Waals surface area contributed by atoms with Gasteiger partial charge in [-0.25, -0.2) is 15.0 Å². The Labute approximate surface area is 294 Å². The lowest BCUT2D eigenvalue weighted by Crippen LogP contribution is -2.04. The van der Waals surface area contributed by atoms with E-state index in [1.807, 2.05) is 109 Å². The molecule has 0 aliphatic carbocycles.